The molecular weight excluding hydrogens is 283 g/mol. The Morgan fingerprint density at radius 2 is 2.00 bits per heavy atom. The third-order valence-corrected chi connectivity index (χ3v) is 3.52. The number of rotatable bonds is 3. The highest BCUT2D eigenvalue weighted by atomic mass is 19.4. The first-order valence-corrected chi connectivity index (χ1v) is 6.76. The fourth-order valence-corrected chi connectivity index (χ4v) is 2.55. The molecule has 7 heteroatoms. The van der Waals surface area contributed by atoms with E-state index in [0.717, 1.165) is 18.9 Å². The highest BCUT2D eigenvalue weighted by Crippen LogP contribution is 2.35. The SMILES string of the molecule is CCCC1(N)CN(C(=O)Nc2ccccc2C(F)(F)F)C1. The van der Waals surface area contributed by atoms with Crippen molar-refractivity contribution in [3.05, 3.63) is 29.8 Å². The number of para-hydroxylation sites is 1. The molecule has 0 aliphatic carbocycles. The molecule has 2 amide bonds. The second-order valence-corrected chi connectivity index (χ2v) is 5.44. The number of anilines is 1. The number of nitrogens with one attached hydrogen (secondary N) is 1. The predicted octanol–water partition coefficient (Wildman–Crippen LogP) is 3.05. The van der Waals surface area contributed by atoms with Gasteiger partial charge in [-0.1, -0.05) is 25.5 Å². The van der Waals surface area contributed by atoms with Crippen LogP contribution in [0, 0.1) is 0 Å². The zero-order valence-electron chi connectivity index (χ0n) is 11.7. The van der Waals surface area contributed by atoms with Crippen molar-refractivity contribution < 1.29 is 18.0 Å². The largest absolute Gasteiger partial charge is 0.418 e. The number of halogens is 3. The minimum atomic E-state index is -4.50. The second kappa shape index (κ2) is 5.55. The molecule has 116 valence electrons. The molecule has 0 aromatic heterocycles. The number of nitrogens with two attached hydrogens (primary N) is 1. The fraction of sp³-hybridized carbons (Fsp3) is 0.500. The van der Waals surface area contributed by atoms with Gasteiger partial charge < -0.3 is 16.0 Å². The topological polar surface area (TPSA) is 58.4 Å². The van der Waals surface area contributed by atoms with Crippen LogP contribution in [0.2, 0.25) is 0 Å². The maximum Gasteiger partial charge on any atom is 0.418 e. The normalized spacial score (nSPS) is 17.3. The quantitative estimate of drug-likeness (QED) is 0.901. The lowest BCUT2D eigenvalue weighted by Crippen LogP contribution is -2.69. The summed E-state index contributed by atoms with van der Waals surface area (Å²) in [6, 6.07) is 4.36. The lowest BCUT2D eigenvalue weighted by molar-refractivity contribution is -0.136. The molecule has 0 unspecified atom stereocenters. The molecule has 3 N–H and O–H groups in total. The van der Waals surface area contributed by atoms with E-state index in [1.54, 1.807) is 0 Å². The number of carbonyl (C=O) groups is 1. The van der Waals surface area contributed by atoms with Gasteiger partial charge in [0.15, 0.2) is 0 Å². The molecule has 1 fully saturated rings. The number of amides is 2. The summed E-state index contributed by atoms with van der Waals surface area (Å²) in [6.45, 7) is 2.72. The molecule has 0 spiro atoms. The first-order valence-electron chi connectivity index (χ1n) is 6.76. The second-order valence-electron chi connectivity index (χ2n) is 5.44. The highest BCUT2D eigenvalue weighted by Gasteiger charge is 2.41. The van der Waals surface area contributed by atoms with Gasteiger partial charge in [0.25, 0.3) is 0 Å². The fourth-order valence-electron chi connectivity index (χ4n) is 2.55. The lowest BCUT2D eigenvalue weighted by atomic mass is 9.87. The van der Waals surface area contributed by atoms with Crippen LogP contribution in [-0.4, -0.2) is 29.6 Å². The summed E-state index contributed by atoms with van der Waals surface area (Å²) in [5.74, 6) is 0. The number of carbonyl (C=O) groups excluding carboxylic acids is 1. The number of benzene rings is 1. The van der Waals surface area contributed by atoms with Crippen LogP contribution in [0.1, 0.15) is 25.3 Å². The van der Waals surface area contributed by atoms with Crippen molar-refractivity contribution >= 4 is 11.7 Å². The maximum atomic E-state index is 12.8. The van der Waals surface area contributed by atoms with Crippen LogP contribution in [-0.2, 0) is 6.18 Å². The number of hydrogen-bond acceptors (Lipinski definition) is 2. The van der Waals surface area contributed by atoms with Crippen molar-refractivity contribution in [3.8, 4) is 0 Å². The summed E-state index contributed by atoms with van der Waals surface area (Å²) in [5.41, 5.74) is 4.53. The van der Waals surface area contributed by atoms with Gasteiger partial charge in [-0.2, -0.15) is 13.2 Å². The minimum absolute atomic E-state index is 0.236. The van der Waals surface area contributed by atoms with E-state index >= 15 is 0 Å². The smallest absolute Gasteiger partial charge is 0.322 e. The number of hydrogen-bond donors (Lipinski definition) is 2. The molecule has 1 aliphatic heterocycles. The van der Waals surface area contributed by atoms with E-state index in [0.29, 0.717) is 13.1 Å². The summed E-state index contributed by atoms with van der Waals surface area (Å²) in [7, 11) is 0. The Hall–Kier alpha value is -1.76. The molecule has 1 saturated heterocycles. The Bertz CT molecular complexity index is 524. The van der Waals surface area contributed by atoms with Crippen molar-refractivity contribution in [2.45, 2.75) is 31.5 Å². The van der Waals surface area contributed by atoms with E-state index in [1.165, 1.54) is 23.1 Å². The zero-order valence-corrected chi connectivity index (χ0v) is 11.7. The van der Waals surface area contributed by atoms with Gasteiger partial charge in [-0.3, -0.25) is 0 Å². The van der Waals surface area contributed by atoms with Crippen molar-refractivity contribution in [2.75, 3.05) is 18.4 Å². The van der Waals surface area contributed by atoms with Gasteiger partial charge in [0.1, 0.15) is 0 Å². The molecule has 4 nitrogen and oxygen atoms in total. The first kappa shape index (κ1) is 15.6. The summed E-state index contributed by atoms with van der Waals surface area (Å²) in [5, 5.41) is 2.31. The Labute approximate surface area is 121 Å². The summed E-state index contributed by atoms with van der Waals surface area (Å²) in [4.78, 5) is 13.4. The summed E-state index contributed by atoms with van der Waals surface area (Å²) >= 11 is 0. The van der Waals surface area contributed by atoms with Crippen molar-refractivity contribution in [2.24, 2.45) is 5.73 Å². The molecule has 0 saturated carbocycles. The number of likely N-dealkylation sites (tertiary alicyclic amines) is 1. The molecule has 1 heterocycles. The van der Waals surface area contributed by atoms with Gasteiger partial charge >= 0.3 is 12.2 Å². The van der Waals surface area contributed by atoms with Crippen LogP contribution in [0.5, 0.6) is 0 Å². The average Bonchev–Trinajstić information content (AvgIpc) is 2.35. The predicted molar refractivity (Wildman–Crippen MR) is 73.9 cm³/mol. The van der Waals surface area contributed by atoms with E-state index in [9.17, 15) is 18.0 Å². The van der Waals surface area contributed by atoms with Gasteiger partial charge in [-0.15, -0.1) is 0 Å². The van der Waals surface area contributed by atoms with E-state index in [2.05, 4.69) is 5.32 Å². The molecule has 2 rings (SSSR count). The number of alkyl halides is 3. The van der Waals surface area contributed by atoms with Crippen LogP contribution >= 0.6 is 0 Å². The molecular formula is C14H18F3N3O. The average molecular weight is 301 g/mol. The van der Waals surface area contributed by atoms with Crippen LogP contribution in [0.15, 0.2) is 24.3 Å². The monoisotopic (exact) mass is 301 g/mol. The van der Waals surface area contributed by atoms with Crippen molar-refractivity contribution in [1.29, 1.82) is 0 Å². The molecule has 1 aromatic rings. The van der Waals surface area contributed by atoms with E-state index in [1.807, 2.05) is 6.92 Å². The van der Waals surface area contributed by atoms with E-state index in [-0.39, 0.29) is 5.69 Å². The Morgan fingerprint density at radius 3 is 2.57 bits per heavy atom. The molecule has 21 heavy (non-hydrogen) atoms. The van der Waals surface area contributed by atoms with Gasteiger partial charge in [-0.05, 0) is 18.6 Å². The molecule has 1 aliphatic rings. The van der Waals surface area contributed by atoms with Gasteiger partial charge in [0.2, 0.25) is 0 Å². The van der Waals surface area contributed by atoms with Crippen LogP contribution in [0.25, 0.3) is 0 Å². The minimum Gasteiger partial charge on any atom is -0.322 e. The molecule has 0 atom stereocenters. The number of nitrogens with zero attached hydrogens (tertiary/aromatic N) is 1. The zero-order chi connectivity index (χ0) is 15.7. The van der Waals surface area contributed by atoms with Crippen molar-refractivity contribution in [3.63, 3.8) is 0 Å². The van der Waals surface area contributed by atoms with Gasteiger partial charge in [0.05, 0.1) is 16.8 Å². The summed E-state index contributed by atoms with van der Waals surface area (Å²) in [6.07, 6.45) is -2.81. The molecule has 0 radical (unpaired) electrons. The molecule has 1 aromatic carbocycles. The first-order chi connectivity index (χ1) is 9.75. The van der Waals surface area contributed by atoms with E-state index in [4.69, 9.17) is 5.73 Å². The third kappa shape index (κ3) is 3.47. The highest BCUT2D eigenvalue weighted by molar-refractivity contribution is 5.91. The number of urea groups is 1. The standard InChI is InChI=1S/C14H18F3N3O/c1-2-7-13(18)8-20(9-13)12(21)19-11-6-4-3-5-10(11)14(15,16)17/h3-6H,2,7-9,18H2,1H3,(H,19,21). The van der Waals surface area contributed by atoms with E-state index < -0.39 is 23.3 Å². The van der Waals surface area contributed by atoms with Crippen LogP contribution < -0.4 is 11.1 Å². The van der Waals surface area contributed by atoms with Crippen molar-refractivity contribution in [1.82, 2.24) is 4.90 Å². The van der Waals surface area contributed by atoms with Gasteiger partial charge in [-0.25, -0.2) is 4.79 Å². The Morgan fingerprint density at radius 1 is 1.38 bits per heavy atom. The Balaban J connectivity index is 2.02. The van der Waals surface area contributed by atoms with Crippen LogP contribution in [0.3, 0.4) is 0 Å². The Kier molecular flexibility index (Phi) is 4.13. The third-order valence-electron chi connectivity index (χ3n) is 3.52. The van der Waals surface area contributed by atoms with Crippen LogP contribution in [0.4, 0.5) is 23.7 Å². The lowest BCUT2D eigenvalue weighted by Gasteiger charge is -2.47. The molecule has 0 bridgehead atoms. The summed E-state index contributed by atoms with van der Waals surface area (Å²) < 4.78 is 38.5. The maximum absolute atomic E-state index is 12.8. The van der Waals surface area contributed by atoms with Gasteiger partial charge in [0, 0.05) is 13.1 Å².